The second-order valence-electron chi connectivity index (χ2n) is 6.34. The van der Waals surface area contributed by atoms with Crippen molar-refractivity contribution in [1.29, 1.82) is 0 Å². The van der Waals surface area contributed by atoms with Gasteiger partial charge in [0.15, 0.2) is 0 Å². The lowest BCUT2D eigenvalue weighted by Gasteiger charge is -2.19. The monoisotopic (exact) mass is 387 g/mol. The predicted molar refractivity (Wildman–Crippen MR) is 107 cm³/mol. The van der Waals surface area contributed by atoms with E-state index in [1.54, 1.807) is 24.0 Å². The van der Waals surface area contributed by atoms with Crippen molar-refractivity contribution >= 4 is 27.5 Å². The molecule has 5 nitrogen and oxygen atoms in total. The van der Waals surface area contributed by atoms with Crippen LogP contribution >= 0.6 is 11.3 Å². The number of nitrogens with zero attached hydrogens (tertiary/aromatic N) is 3. The van der Waals surface area contributed by atoms with Crippen molar-refractivity contribution in [1.82, 2.24) is 14.5 Å². The number of carbonyl (C=O) groups is 1. The maximum atomic E-state index is 13.3. The lowest BCUT2D eigenvalue weighted by Crippen LogP contribution is -2.37. The van der Waals surface area contributed by atoms with Gasteiger partial charge in [0.1, 0.15) is 23.0 Å². The molecule has 2 aromatic heterocycles. The van der Waals surface area contributed by atoms with Gasteiger partial charge in [-0.15, -0.1) is 11.3 Å². The van der Waals surface area contributed by atoms with Crippen LogP contribution in [0.3, 0.4) is 0 Å². The van der Waals surface area contributed by atoms with Gasteiger partial charge in [0.2, 0.25) is 5.91 Å². The lowest BCUT2D eigenvalue weighted by molar-refractivity contribution is -0.131. The van der Waals surface area contributed by atoms with Crippen LogP contribution in [0.5, 0.6) is 0 Å². The molecule has 7 heteroatoms. The maximum Gasteiger partial charge on any atom is 0.263 e. The molecule has 0 N–H and O–H groups in total. The highest BCUT2D eigenvalue weighted by atomic mass is 32.1. The second kappa shape index (κ2) is 7.60. The van der Waals surface area contributed by atoms with Gasteiger partial charge in [0.05, 0.1) is 5.39 Å². The fraction of sp³-hybridized carbons (Fsp3) is 0.350. The molecular formula is C20H22FN3O2S. The number of hydrogen-bond acceptors (Lipinski definition) is 4. The van der Waals surface area contributed by atoms with Crippen LogP contribution in [0.1, 0.15) is 24.5 Å². The van der Waals surface area contributed by atoms with Crippen LogP contribution in [0.4, 0.5) is 4.39 Å². The van der Waals surface area contributed by atoms with Gasteiger partial charge in [0, 0.05) is 23.5 Å². The van der Waals surface area contributed by atoms with Gasteiger partial charge in [-0.1, -0.05) is 12.1 Å². The normalized spacial score (nSPS) is 11.1. The third kappa shape index (κ3) is 3.51. The molecule has 3 aromatic rings. The Morgan fingerprint density at radius 3 is 2.41 bits per heavy atom. The van der Waals surface area contributed by atoms with Gasteiger partial charge in [-0.05, 0) is 45.4 Å². The van der Waals surface area contributed by atoms with Gasteiger partial charge < -0.3 is 4.90 Å². The average molecular weight is 387 g/mol. The minimum absolute atomic E-state index is 0.0347. The molecule has 0 aliphatic carbocycles. The van der Waals surface area contributed by atoms with E-state index in [2.05, 4.69) is 4.98 Å². The van der Waals surface area contributed by atoms with Crippen LogP contribution in [-0.4, -0.2) is 33.4 Å². The van der Waals surface area contributed by atoms with Crippen molar-refractivity contribution in [2.45, 2.75) is 34.2 Å². The summed E-state index contributed by atoms with van der Waals surface area (Å²) in [7, 11) is 0. The van der Waals surface area contributed by atoms with Gasteiger partial charge in [-0.25, -0.2) is 9.37 Å². The highest BCUT2D eigenvalue weighted by Crippen LogP contribution is 2.35. The summed E-state index contributed by atoms with van der Waals surface area (Å²) >= 11 is 1.44. The number of thiophene rings is 1. The molecule has 27 heavy (non-hydrogen) atoms. The molecule has 0 aliphatic rings. The van der Waals surface area contributed by atoms with Gasteiger partial charge in [0.25, 0.3) is 5.56 Å². The average Bonchev–Trinajstić information content (AvgIpc) is 2.96. The number of rotatable bonds is 5. The summed E-state index contributed by atoms with van der Waals surface area (Å²) in [5.41, 5.74) is 1.29. The van der Waals surface area contributed by atoms with Crippen LogP contribution in [0.25, 0.3) is 21.3 Å². The quantitative estimate of drug-likeness (QED) is 0.670. The van der Waals surface area contributed by atoms with Crippen molar-refractivity contribution in [2.24, 2.45) is 0 Å². The summed E-state index contributed by atoms with van der Waals surface area (Å²) in [4.78, 5) is 33.6. The van der Waals surface area contributed by atoms with E-state index >= 15 is 0 Å². The number of hydrogen-bond donors (Lipinski definition) is 0. The SMILES string of the molecule is CCN(CC)C(=O)Cn1c(C)nc2sc(C)c(-c3ccc(F)cc3)c2c1=O. The summed E-state index contributed by atoms with van der Waals surface area (Å²) < 4.78 is 14.7. The number of aryl methyl sites for hydroxylation is 2. The van der Waals surface area contributed by atoms with Crippen molar-refractivity contribution in [3.05, 3.63) is 51.1 Å². The topological polar surface area (TPSA) is 55.2 Å². The second-order valence-corrected chi connectivity index (χ2v) is 7.54. The summed E-state index contributed by atoms with van der Waals surface area (Å²) in [5.74, 6) is 0.0775. The molecule has 2 heterocycles. The molecule has 1 amide bonds. The van der Waals surface area contributed by atoms with E-state index in [9.17, 15) is 14.0 Å². The first-order valence-electron chi connectivity index (χ1n) is 8.91. The molecule has 0 spiro atoms. The van der Waals surface area contributed by atoms with Gasteiger partial charge in [-0.2, -0.15) is 0 Å². The number of benzene rings is 1. The Labute approximate surface area is 161 Å². The Bertz CT molecular complexity index is 1050. The Hall–Kier alpha value is -2.54. The van der Waals surface area contributed by atoms with E-state index in [-0.39, 0.29) is 23.8 Å². The molecule has 0 saturated carbocycles. The molecule has 142 valence electrons. The van der Waals surface area contributed by atoms with Gasteiger partial charge >= 0.3 is 0 Å². The largest absolute Gasteiger partial charge is 0.342 e. The summed E-state index contributed by atoms with van der Waals surface area (Å²) in [6.45, 7) is 8.64. The van der Waals surface area contributed by atoms with Gasteiger partial charge in [-0.3, -0.25) is 14.2 Å². The van der Waals surface area contributed by atoms with Crippen LogP contribution in [-0.2, 0) is 11.3 Å². The Kier molecular flexibility index (Phi) is 5.41. The minimum atomic E-state index is -0.327. The number of fused-ring (bicyclic) bond motifs is 1. The van der Waals surface area contributed by atoms with Crippen LogP contribution < -0.4 is 5.56 Å². The fourth-order valence-corrected chi connectivity index (χ4v) is 4.34. The first kappa shape index (κ1) is 19.2. The van der Waals surface area contributed by atoms with E-state index < -0.39 is 0 Å². The molecule has 0 atom stereocenters. The number of halogens is 1. The third-order valence-electron chi connectivity index (χ3n) is 4.72. The summed E-state index contributed by atoms with van der Waals surface area (Å²) in [6, 6.07) is 6.08. The molecule has 0 aliphatic heterocycles. The molecule has 3 rings (SSSR count). The van der Waals surface area contributed by atoms with Crippen molar-refractivity contribution < 1.29 is 9.18 Å². The Balaban J connectivity index is 2.18. The van der Waals surface area contributed by atoms with Crippen molar-refractivity contribution in [2.75, 3.05) is 13.1 Å². The van der Waals surface area contributed by atoms with Crippen LogP contribution in [0.15, 0.2) is 29.1 Å². The van der Waals surface area contributed by atoms with Crippen LogP contribution in [0, 0.1) is 19.7 Å². The third-order valence-corrected chi connectivity index (χ3v) is 5.72. The van der Waals surface area contributed by atoms with E-state index in [0.717, 1.165) is 16.0 Å². The lowest BCUT2D eigenvalue weighted by atomic mass is 10.0. The Morgan fingerprint density at radius 1 is 1.19 bits per heavy atom. The highest BCUT2D eigenvalue weighted by molar-refractivity contribution is 7.19. The van der Waals surface area contributed by atoms with Crippen molar-refractivity contribution in [3.8, 4) is 11.1 Å². The summed E-state index contributed by atoms with van der Waals surface area (Å²) in [5, 5.41) is 0.488. The standard InChI is InChI=1S/C20H22FN3O2S/c1-5-23(6-2)16(25)11-24-13(4)22-19-18(20(24)26)17(12(3)27-19)14-7-9-15(21)10-8-14/h7-10H,5-6,11H2,1-4H3. The molecule has 0 unspecified atom stereocenters. The molecule has 0 bridgehead atoms. The first-order chi connectivity index (χ1) is 12.9. The molecule has 0 saturated heterocycles. The molecular weight excluding hydrogens is 365 g/mol. The molecule has 0 fully saturated rings. The zero-order valence-corrected chi connectivity index (χ0v) is 16.7. The number of amides is 1. The summed E-state index contributed by atoms with van der Waals surface area (Å²) in [6.07, 6.45) is 0. The first-order valence-corrected chi connectivity index (χ1v) is 9.73. The fourth-order valence-electron chi connectivity index (χ4n) is 3.26. The predicted octanol–water partition coefficient (Wildman–Crippen LogP) is 3.75. The van der Waals surface area contributed by atoms with Crippen LogP contribution in [0.2, 0.25) is 0 Å². The minimum Gasteiger partial charge on any atom is -0.342 e. The highest BCUT2D eigenvalue weighted by Gasteiger charge is 2.20. The zero-order chi connectivity index (χ0) is 19.7. The van der Waals surface area contributed by atoms with E-state index in [0.29, 0.717) is 29.1 Å². The molecule has 0 radical (unpaired) electrons. The van der Waals surface area contributed by atoms with E-state index in [4.69, 9.17) is 0 Å². The van der Waals surface area contributed by atoms with E-state index in [1.807, 2.05) is 20.8 Å². The molecule has 1 aromatic carbocycles. The zero-order valence-electron chi connectivity index (χ0n) is 15.9. The number of carbonyl (C=O) groups excluding carboxylic acids is 1. The van der Waals surface area contributed by atoms with E-state index in [1.165, 1.54) is 28.0 Å². The number of aromatic nitrogens is 2. The Morgan fingerprint density at radius 2 is 1.81 bits per heavy atom. The maximum absolute atomic E-state index is 13.3. The smallest absolute Gasteiger partial charge is 0.263 e. The number of likely N-dealkylation sites (N-methyl/N-ethyl adjacent to an activating group) is 1. The van der Waals surface area contributed by atoms with Crippen molar-refractivity contribution in [3.63, 3.8) is 0 Å².